The van der Waals surface area contributed by atoms with Crippen LogP contribution in [-0.2, 0) is 22.4 Å². The van der Waals surface area contributed by atoms with Crippen molar-refractivity contribution in [1.82, 2.24) is 4.98 Å². The molecule has 0 radical (unpaired) electrons. The first-order valence-corrected chi connectivity index (χ1v) is 11.6. The SMILES string of the molecule is O=C(CCc1ccccc1F)C[C@@H]1[C@H]2Oc3ccc(Oc4ccnc5c4CCC(=O)N5)cc3[C@@H]12. The fourth-order valence-corrected chi connectivity index (χ4v) is 5.08. The zero-order chi connectivity index (χ0) is 23.2. The molecule has 6 nitrogen and oxygen atoms in total. The van der Waals surface area contributed by atoms with Gasteiger partial charge in [-0.15, -0.1) is 0 Å². The third-order valence-corrected chi connectivity index (χ3v) is 6.89. The van der Waals surface area contributed by atoms with Crippen LogP contribution in [0.1, 0.15) is 41.9 Å². The number of nitrogens with zero attached hydrogens (tertiary/aromatic N) is 1. The van der Waals surface area contributed by atoms with Crippen LogP contribution in [0.15, 0.2) is 54.7 Å². The molecule has 2 aromatic carbocycles. The predicted octanol–water partition coefficient (Wildman–Crippen LogP) is 4.96. The summed E-state index contributed by atoms with van der Waals surface area (Å²) < 4.78 is 26.0. The molecule has 7 heteroatoms. The summed E-state index contributed by atoms with van der Waals surface area (Å²) in [5.41, 5.74) is 2.53. The molecule has 1 aliphatic carbocycles. The highest BCUT2D eigenvalue weighted by Crippen LogP contribution is 2.60. The highest BCUT2D eigenvalue weighted by Gasteiger charge is 2.58. The number of halogens is 1. The smallest absolute Gasteiger partial charge is 0.225 e. The molecule has 0 unspecified atom stereocenters. The van der Waals surface area contributed by atoms with Crippen LogP contribution in [0.3, 0.4) is 0 Å². The van der Waals surface area contributed by atoms with E-state index in [1.807, 2.05) is 18.2 Å². The topological polar surface area (TPSA) is 77.5 Å². The number of rotatable bonds is 7. The van der Waals surface area contributed by atoms with Crippen molar-refractivity contribution in [2.45, 2.75) is 44.1 Å². The van der Waals surface area contributed by atoms with Crippen LogP contribution < -0.4 is 14.8 Å². The van der Waals surface area contributed by atoms with E-state index in [2.05, 4.69) is 10.3 Å². The molecule has 3 aliphatic rings. The maximum Gasteiger partial charge on any atom is 0.225 e. The molecule has 3 aromatic rings. The first-order chi connectivity index (χ1) is 16.6. The first-order valence-electron chi connectivity index (χ1n) is 11.6. The largest absolute Gasteiger partial charge is 0.489 e. The van der Waals surface area contributed by atoms with Gasteiger partial charge in [0.2, 0.25) is 5.91 Å². The maximum absolute atomic E-state index is 13.8. The Kier molecular flexibility index (Phi) is 5.05. The van der Waals surface area contributed by atoms with E-state index < -0.39 is 0 Å². The lowest BCUT2D eigenvalue weighted by Gasteiger charge is -2.19. The average molecular weight is 458 g/mol. The molecule has 1 amide bonds. The Labute approximate surface area is 196 Å². The van der Waals surface area contributed by atoms with Crippen LogP contribution in [0.2, 0.25) is 0 Å². The zero-order valence-electron chi connectivity index (χ0n) is 18.4. The van der Waals surface area contributed by atoms with Gasteiger partial charge in [-0.25, -0.2) is 9.37 Å². The third-order valence-electron chi connectivity index (χ3n) is 6.89. The molecule has 34 heavy (non-hydrogen) atoms. The molecule has 0 spiro atoms. The minimum absolute atomic E-state index is 0.0200. The van der Waals surface area contributed by atoms with Gasteiger partial charge >= 0.3 is 0 Å². The van der Waals surface area contributed by atoms with Gasteiger partial charge in [-0.05, 0) is 48.7 Å². The highest BCUT2D eigenvalue weighted by atomic mass is 19.1. The minimum Gasteiger partial charge on any atom is -0.489 e. The predicted molar refractivity (Wildman–Crippen MR) is 123 cm³/mol. The van der Waals surface area contributed by atoms with Gasteiger partial charge in [0.25, 0.3) is 0 Å². The molecule has 0 saturated heterocycles. The number of benzene rings is 2. The van der Waals surface area contributed by atoms with Gasteiger partial charge < -0.3 is 14.8 Å². The van der Waals surface area contributed by atoms with Crippen molar-refractivity contribution in [3.63, 3.8) is 0 Å². The molecule has 1 fully saturated rings. The van der Waals surface area contributed by atoms with E-state index in [1.54, 1.807) is 30.5 Å². The Bertz CT molecular complexity index is 1310. The van der Waals surface area contributed by atoms with Crippen molar-refractivity contribution < 1.29 is 23.5 Å². The van der Waals surface area contributed by atoms with E-state index in [9.17, 15) is 14.0 Å². The summed E-state index contributed by atoms with van der Waals surface area (Å²) in [6.45, 7) is 0. The molecule has 1 aromatic heterocycles. The summed E-state index contributed by atoms with van der Waals surface area (Å²) >= 11 is 0. The number of anilines is 1. The van der Waals surface area contributed by atoms with Gasteiger partial charge in [0.05, 0.1) is 0 Å². The summed E-state index contributed by atoms with van der Waals surface area (Å²) in [6, 6.07) is 14.2. The molecule has 2 aliphatic heterocycles. The number of carbonyl (C=O) groups excluding carboxylic acids is 2. The number of hydrogen-bond acceptors (Lipinski definition) is 5. The molecule has 1 N–H and O–H groups in total. The summed E-state index contributed by atoms with van der Waals surface area (Å²) in [7, 11) is 0. The zero-order valence-corrected chi connectivity index (χ0v) is 18.4. The number of aryl methyl sites for hydroxylation is 1. The molecular formula is C27H23FN2O4. The summed E-state index contributed by atoms with van der Waals surface area (Å²) in [5, 5.41) is 2.79. The monoisotopic (exact) mass is 458 g/mol. The molecule has 6 rings (SSSR count). The van der Waals surface area contributed by atoms with Crippen LogP contribution >= 0.6 is 0 Å². The van der Waals surface area contributed by atoms with Crippen LogP contribution in [0.5, 0.6) is 17.2 Å². The van der Waals surface area contributed by atoms with E-state index in [0.717, 1.165) is 16.9 Å². The molecule has 3 atom stereocenters. The quantitative estimate of drug-likeness (QED) is 0.541. The van der Waals surface area contributed by atoms with Crippen molar-refractivity contribution in [1.29, 1.82) is 0 Å². The molecule has 3 heterocycles. The number of amides is 1. The fraction of sp³-hybridized carbons (Fsp3) is 0.296. The number of ether oxygens (including phenoxy) is 2. The van der Waals surface area contributed by atoms with Crippen LogP contribution in [0.25, 0.3) is 0 Å². The third kappa shape index (κ3) is 3.81. The summed E-state index contributed by atoms with van der Waals surface area (Å²) in [5.74, 6) is 2.91. The number of fused-ring (bicyclic) bond motifs is 4. The minimum atomic E-state index is -0.263. The molecule has 0 bridgehead atoms. The number of aromatic nitrogens is 1. The second kappa shape index (κ2) is 8.24. The van der Waals surface area contributed by atoms with Gasteiger partial charge in [0.15, 0.2) is 0 Å². The van der Waals surface area contributed by atoms with Crippen LogP contribution in [0, 0.1) is 11.7 Å². The van der Waals surface area contributed by atoms with Gasteiger partial charge in [-0.1, -0.05) is 18.2 Å². The van der Waals surface area contributed by atoms with E-state index >= 15 is 0 Å². The van der Waals surface area contributed by atoms with Crippen molar-refractivity contribution >= 4 is 17.5 Å². The highest BCUT2D eigenvalue weighted by molar-refractivity contribution is 5.93. The first kappa shape index (κ1) is 20.8. The van der Waals surface area contributed by atoms with Crippen LogP contribution in [0.4, 0.5) is 10.2 Å². The van der Waals surface area contributed by atoms with E-state index in [4.69, 9.17) is 9.47 Å². The fourth-order valence-electron chi connectivity index (χ4n) is 5.08. The Balaban J connectivity index is 1.11. The second-order valence-corrected chi connectivity index (χ2v) is 9.09. The Hall–Kier alpha value is -3.74. The molecule has 1 saturated carbocycles. The van der Waals surface area contributed by atoms with E-state index in [-0.39, 0.29) is 35.4 Å². The Morgan fingerprint density at radius 1 is 1.18 bits per heavy atom. The average Bonchev–Trinajstić information content (AvgIpc) is 3.34. The lowest BCUT2D eigenvalue weighted by atomic mass is 10.0. The van der Waals surface area contributed by atoms with Gasteiger partial charge in [-0.3, -0.25) is 9.59 Å². The van der Waals surface area contributed by atoms with E-state index in [1.165, 1.54) is 6.07 Å². The van der Waals surface area contributed by atoms with Gasteiger partial charge in [-0.2, -0.15) is 0 Å². The standard InChI is InChI=1S/C27H23FN2O4/c28-21-4-2-1-3-15(21)5-6-16(31)13-20-25-19-14-17(7-9-22(19)34-26(20)25)33-23-11-12-29-27-18(23)8-10-24(32)30-27/h1-4,7,9,11-12,14,20,25-26H,5-6,8,10,13H2,(H,29,30,32)/t20-,25-,26+/m0/s1. The maximum atomic E-state index is 13.8. The second-order valence-electron chi connectivity index (χ2n) is 9.09. The number of pyridine rings is 1. The number of nitrogens with one attached hydrogen (secondary N) is 1. The van der Waals surface area contributed by atoms with Crippen molar-refractivity contribution in [3.8, 4) is 17.2 Å². The summed E-state index contributed by atoms with van der Waals surface area (Å²) in [4.78, 5) is 28.4. The number of carbonyl (C=O) groups is 2. The lowest BCUT2D eigenvalue weighted by Crippen LogP contribution is -2.20. The van der Waals surface area contributed by atoms with Crippen molar-refractivity contribution in [2.75, 3.05) is 5.32 Å². The van der Waals surface area contributed by atoms with Gasteiger partial charge in [0.1, 0.15) is 40.8 Å². The van der Waals surface area contributed by atoms with Crippen molar-refractivity contribution in [2.24, 2.45) is 5.92 Å². The normalized spacial score (nSPS) is 21.6. The number of hydrogen-bond donors (Lipinski definition) is 1. The number of ketones is 1. The lowest BCUT2D eigenvalue weighted by molar-refractivity contribution is -0.119. The number of Topliss-reactive ketones (excluding diaryl/α,β-unsaturated/α-hetero) is 1. The summed E-state index contributed by atoms with van der Waals surface area (Å²) in [6.07, 6.45) is 3.81. The Morgan fingerprint density at radius 2 is 2.06 bits per heavy atom. The van der Waals surface area contributed by atoms with E-state index in [0.29, 0.717) is 55.0 Å². The molecule has 172 valence electrons. The molecular weight excluding hydrogens is 435 g/mol. The van der Waals surface area contributed by atoms with Crippen molar-refractivity contribution in [3.05, 3.63) is 77.2 Å². The Morgan fingerprint density at radius 3 is 2.94 bits per heavy atom. The van der Waals surface area contributed by atoms with Crippen LogP contribution in [-0.4, -0.2) is 22.8 Å². The van der Waals surface area contributed by atoms with Gasteiger partial charge in [0, 0.05) is 48.4 Å².